The maximum Gasteiger partial charge on any atom is 0.336 e. The minimum Gasteiger partial charge on any atom is -0.478 e. The van der Waals surface area contributed by atoms with Gasteiger partial charge in [0.25, 0.3) is 0 Å². The molecule has 132 valence electrons. The number of carbonyl (C=O) groups is 1. The van der Waals surface area contributed by atoms with Crippen molar-refractivity contribution in [1.29, 1.82) is 0 Å². The van der Waals surface area contributed by atoms with Gasteiger partial charge >= 0.3 is 5.97 Å². The Balaban J connectivity index is 1.84. The summed E-state index contributed by atoms with van der Waals surface area (Å²) in [5.41, 5.74) is 2.95. The van der Waals surface area contributed by atoms with Crippen LogP contribution in [0.25, 0.3) is 11.1 Å². The molecule has 1 heterocycles. The summed E-state index contributed by atoms with van der Waals surface area (Å²) >= 11 is 4.24. The fraction of sp³-hybridized carbons (Fsp3) is 0.150. The van der Waals surface area contributed by atoms with Gasteiger partial charge in [0.15, 0.2) is 0 Å². The summed E-state index contributed by atoms with van der Waals surface area (Å²) in [5, 5.41) is 14.1. The van der Waals surface area contributed by atoms with Gasteiger partial charge in [-0.2, -0.15) is 0 Å². The highest BCUT2D eigenvalue weighted by atomic mass is 32.1. The molecular formula is C20H19N3O2S. The molecule has 0 atom stereocenters. The molecule has 0 saturated carbocycles. The predicted molar refractivity (Wildman–Crippen MR) is 104 cm³/mol. The van der Waals surface area contributed by atoms with Crippen LogP contribution in [0.5, 0.6) is 0 Å². The Morgan fingerprint density at radius 1 is 1.19 bits per heavy atom. The van der Waals surface area contributed by atoms with Crippen molar-refractivity contribution in [3.63, 3.8) is 0 Å². The molecule has 1 N–H and O–H groups in total. The molecule has 3 aromatic rings. The quantitative estimate of drug-likeness (QED) is 0.510. The van der Waals surface area contributed by atoms with Crippen LogP contribution in [0.3, 0.4) is 0 Å². The summed E-state index contributed by atoms with van der Waals surface area (Å²) in [4.78, 5) is 15.8. The minimum atomic E-state index is -0.928. The highest BCUT2D eigenvalue weighted by Gasteiger charge is 2.12. The normalized spacial score (nSPS) is 11.2. The van der Waals surface area contributed by atoms with E-state index in [-0.39, 0.29) is 0 Å². The molecule has 2 aromatic carbocycles. The maximum atomic E-state index is 11.4. The molecular weight excluding hydrogens is 346 g/mol. The first-order valence-electron chi connectivity index (χ1n) is 8.24. The first kappa shape index (κ1) is 17.9. The first-order chi connectivity index (χ1) is 12.6. The van der Waals surface area contributed by atoms with Gasteiger partial charge in [-0.15, -0.1) is 17.7 Å². The predicted octanol–water partition coefficient (Wildman–Crippen LogP) is 4.10. The van der Waals surface area contributed by atoms with Gasteiger partial charge in [-0.1, -0.05) is 54.6 Å². The first-order valence-corrected chi connectivity index (χ1v) is 8.68. The number of carboxylic acid groups (broad SMARTS) is 1. The number of hydrogen-bond acceptors (Lipinski definition) is 4. The maximum absolute atomic E-state index is 11.4. The number of allylic oxidation sites excluding steroid dienone is 2. The second-order valence-electron chi connectivity index (χ2n) is 5.80. The number of hydrogen-bond donors (Lipinski definition) is 2. The molecule has 0 aliphatic rings. The molecule has 6 heteroatoms. The Hall–Kier alpha value is -2.86. The zero-order valence-electron chi connectivity index (χ0n) is 14.3. The van der Waals surface area contributed by atoms with Crippen molar-refractivity contribution < 1.29 is 9.90 Å². The topological polar surface area (TPSA) is 68.0 Å². The Bertz CT molecular complexity index is 946. The number of thiol groups is 1. The van der Waals surface area contributed by atoms with E-state index in [4.69, 9.17) is 0 Å². The fourth-order valence-corrected chi connectivity index (χ4v) is 2.97. The average Bonchev–Trinajstić information content (AvgIpc) is 2.99. The van der Waals surface area contributed by atoms with Crippen molar-refractivity contribution >= 4 is 18.6 Å². The van der Waals surface area contributed by atoms with E-state index >= 15 is 0 Å². The molecule has 3 rings (SSSR count). The van der Waals surface area contributed by atoms with Gasteiger partial charge in [0.2, 0.25) is 5.16 Å². The lowest BCUT2D eigenvalue weighted by Crippen LogP contribution is -2.05. The van der Waals surface area contributed by atoms with Crippen LogP contribution in [-0.2, 0) is 13.0 Å². The van der Waals surface area contributed by atoms with Gasteiger partial charge in [-0.05, 0) is 29.7 Å². The highest BCUT2D eigenvalue weighted by molar-refractivity contribution is 7.80. The number of aromatic carboxylic acids is 1. The molecule has 0 unspecified atom stereocenters. The number of aromatic nitrogens is 3. The van der Waals surface area contributed by atoms with Crippen molar-refractivity contribution in [3.8, 4) is 11.1 Å². The van der Waals surface area contributed by atoms with Gasteiger partial charge in [-0.25, -0.2) is 14.5 Å². The Morgan fingerprint density at radius 3 is 2.62 bits per heavy atom. The third-order valence-electron chi connectivity index (χ3n) is 4.04. The van der Waals surface area contributed by atoms with Crippen LogP contribution in [0.1, 0.15) is 28.7 Å². The summed E-state index contributed by atoms with van der Waals surface area (Å²) in [7, 11) is 0. The number of benzene rings is 2. The molecule has 0 fully saturated rings. The van der Waals surface area contributed by atoms with Gasteiger partial charge in [0.05, 0.1) is 12.1 Å². The minimum absolute atomic E-state index is 0.297. The van der Waals surface area contributed by atoms with Crippen molar-refractivity contribution in [2.75, 3.05) is 0 Å². The summed E-state index contributed by atoms with van der Waals surface area (Å²) in [6.07, 6.45) is 4.61. The third kappa shape index (κ3) is 4.03. The highest BCUT2D eigenvalue weighted by Crippen LogP contribution is 2.24. The van der Waals surface area contributed by atoms with E-state index in [1.165, 1.54) is 0 Å². The number of carboxylic acids is 1. The fourth-order valence-electron chi connectivity index (χ4n) is 2.75. The second-order valence-corrected chi connectivity index (χ2v) is 6.20. The largest absolute Gasteiger partial charge is 0.478 e. The van der Waals surface area contributed by atoms with Crippen molar-refractivity contribution in [2.45, 2.75) is 25.0 Å². The van der Waals surface area contributed by atoms with E-state index in [1.54, 1.807) is 12.1 Å². The van der Waals surface area contributed by atoms with Crippen LogP contribution in [-0.4, -0.2) is 25.8 Å². The molecule has 0 radical (unpaired) electrons. The molecule has 26 heavy (non-hydrogen) atoms. The van der Waals surface area contributed by atoms with Gasteiger partial charge in [0, 0.05) is 6.42 Å². The lowest BCUT2D eigenvalue weighted by atomic mass is 9.98. The zero-order valence-corrected chi connectivity index (χ0v) is 15.2. The monoisotopic (exact) mass is 365 g/mol. The molecule has 0 aliphatic heterocycles. The summed E-state index contributed by atoms with van der Waals surface area (Å²) < 4.78 is 1.83. The summed E-state index contributed by atoms with van der Waals surface area (Å²) in [6.45, 7) is 2.62. The van der Waals surface area contributed by atoms with Crippen LogP contribution in [0.2, 0.25) is 0 Å². The van der Waals surface area contributed by atoms with E-state index in [0.717, 1.165) is 17.0 Å². The van der Waals surface area contributed by atoms with Crippen molar-refractivity contribution in [2.24, 2.45) is 0 Å². The van der Waals surface area contributed by atoms with Gasteiger partial charge < -0.3 is 5.11 Å². The van der Waals surface area contributed by atoms with Crippen molar-refractivity contribution in [1.82, 2.24) is 14.8 Å². The van der Waals surface area contributed by atoms with E-state index in [9.17, 15) is 9.90 Å². The van der Waals surface area contributed by atoms with Crippen LogP contribution in [0, 0.1) is 0 Å². The standard InChI is InChI=1S/C20H19N3O2S/c1-2-3-12-23-18(21-20(26)22-23)13-14-8-10-15(11-9-14)16-6-4-5-7-17(16)19(24)25/h2-11H,12-13H2,1H3,(H,22,26)(H,24,25). The Kier molecular flexibility index (Phi) is 5.53. The lowest BCUT2D eigenvalue weighted by Gasteiger charge is -2.08. The van der Waals surface area contributed by atoms with Crippen molar-refractivity contribution in [3.05, 3.63) is 77.6 Å². The molecule has 0 saturated heterocycles. The molecule has 5 nitrogen and oxygen atoms in total. The smallest absolute Gasteiger partial charge is 0.336 e. The lowest BCUT2D eigenvalue weighted by molar-refractivity contribution is 0.0697. The van der Waals surface area contributed by atoms with Crippen LogP contribution in [0.4, 0.5) is 0 Å². The van der Waals surface area contributed by atoms with Crippen LogP contribution < -0.4 is 0 Å². The number of nitrogens with zero attached hydrogens (tertiary/aromatic N) is 3. The van der Waals surface area contributed by atoms with E-state index in [2.05, 4.69) is 22.7 Å². The van der Waals surface area contributed by atoms with Crippen LogP contribution in [0.15, 0.2) is 65.8 Å². The summed E-state index contributed by atoms with van der Waals surface area (Å²) in [6, 6.07) is 14.9. The Morgan fingerprint density at radius 2 is 1.92 bits per heavy atom. The Labute approximate surface area is 157 Å². The van der Waals surface area contributed by atoms with E-state index in [0.29, 0.717) is 29.2 Å². The zero-order chi connectivity index (χ0) is 18.5. The molecule has 0 spiro atoms. The average molecular weight is 365 g/mol. The molecule has 1 aromatic heterocycles. The SMILES string of the molecule is CC=CCn1nc(S)nc1Cc1ccc(-c2ccccc2C(=O)O)cc1. The van der Waals surface area contributed by atoms with E-state index < -0.39 is 5.97 Å². The third-order valence-corrected chi connectivity index (χ3v) is 4.23. The van der Waals surface area contributed by atoms with Gasteiger partial charge in [0.1, 0.15) is 5.82 Å². The molecule has 0 aliphatic carbocycles. The van der Waals surface area contributed by atoms with E-state index in [1.807, 2.05) is 60.2 Å². The van der Waals surface area contributed by atoms with Gasteiger partial charge in [-0.3, -0.25) is 0 Å². The summed E-state index contributed by atoms with van der Waals surface area (Å²) in [5.74, 6) is -0.0881. The second kappa shape index (κ2) is 8.01. The molecule has 0 amide bonds. The molecule has 0 bridgehead atoms. The number of rotatable bonds is 6. The van der Waals surface area contributed by atoms with Crippen LogP contribution >= 0.6 is 12.6 Å².